The van der Waals surface area contributed by atoms with Gasteiger partial charge >= 0.3 is 0 Å². The Hall–Kier alpha value is -1.17. The third kappa shape index (κ3) is 4.66. The summed E-state index contributed by atoms with van der Waals surface area (Å²) < 4.78 is 18.6. The van der Waals surface area contributed by atoms with E-state index in [0.29, 0.717) is 5.92 Å². The van der Waals surface area contributed by atoms with Crippen LogP contribution in [0.1, 0.15) is 19.4 Å². The molecular formula is C17H27FN2O2. The fourth-order valence-electron chi connectivity index (χ4n) is 2.67. The second kappa shape index (κ2) is 7.90. The average molecular weight is 310 g/mol. The highest BCUT2D eigenvalue weighted by molar-refractivity contribution is 5.29. The number of piperazine rings is 1. The van der Waals surface area contributed by atoms with Gasteiger partial charge in [0.1, 0.15) is 0 Å². The molecule has 0 unspecified atom stereocenters. The van der Waals surface area contributed by atoms with Crippen LogP contribution in [0, 0.1) is 11.7 Å². The van der Waals surface area contributed by atoms with E-state index >= 15 is 0 Å². The zero-order chi connectivity index (χ0) is 16.1. The van der Waals surface area contributed by atoms with Gasteiger partial charge in [0.25, 0.3) is 0 Å². The van der Waals surface area contributed by atoms with Gasteiger partial charge in [-0.05, 0) is 23.6 Å². The number of rotatable bonds is 6. The number of β-amino-alcohol motifs (C(OH)–C–C–N with tert-alkyl or cyclic N) is 1. The number of nitrogens with zero attached hydrogens (tertiary/aromatic N) is 2. The minimum atomic E-state index is -0.307. The highest BCUT2D eigenvalue weighted by atomic mass is 19.1. The molecule has 2 rings (SSSR count). The summed E-state index contributed by atoms with van der Waals surface area (Å²) in [6, 6.07) is 5.14. The minimum absolute atomic E-state index is 0.262. The minimum Gasteiger partial charge on any atom is -0.494 e. The van der Waals surface area contributed by atoms with Gasteiger partial charge in [-0.2, -0.15) is 0 Å². The molecule has 1 aromatic rings. The molecule has 1 N–H and O–H groups in total. The molecule has 1 aromatic carbocycles. The quantitative estimate of drug-likeness (QED) is 0.871. The van der Waals surface area contributed by atoms with Gasteiger partial charge in [0.15, 0.2) is 11.6 Å². The van der Waals surface area contributed by atoms with Crippen molar-refractivity contribution in [2.45, 2.75) is 26.5 Å². The lowest BCUT2D eigenvalue weighted by Gasteiger charge is -2.36. The van der Waals surface area contributed by atoms with E-state index in [-0.39, 0.29) is 17.7 Å². The monoisotopic (exact) mass is 310 g/mol. The number of hydrogen-bond acceptors (Lipinski definition) is 4. The van der Waals surface area contributed by atoms with Crippen molar-refractivity contribution >= 4 is 0 Å². The Morgan fingerprint density at radius 1 is 1.18 bits per heavy atom. The SMILES string of the molecule is COc1ccc(CN2CCN(C[C@H](O)C(C)C)CC2)cc1F. The van der Waals surface area contributed by atoms with Crippen LogP contribution >= 0.6 is 0 Å². The van der Waals surface area contributed by atoms with Crippen LogP contribution < -0.4 is 4.74 Å². The maximum Gasteiger partial charge on any atom is 0.165 e. The van der Waals surface area contributed by atoms with E-state index in [0.717, 1.165) is 44.8 Å². The van der Waals surface area contributed by atoms with Gasteiger partial charge in [0.2, 0.25) is 0 Å². The molecule has 0 spiro atoms. The fourth-order valence-corrected chi connectivity index (χ4v) is 2.67. The zero-order valence-corrected chi connectivity index (χ0v) is 13.8. The molecule has 1 aliphatic heterocycles. The number of methoxy groups -OCH3 is 1. The van der Waals surface area contributed by atoms with E-state index < -0.39 is 0 Å². The van der Waals surface area contributed by atoms with Gasteiger partial charge in [-0.25, -0.2) is 4.39 Å². The maximum absolute atomic E-state index is 13.7. The lowest BCUT2D eigenvalue weighted by atomic mass is 10.1. The van der Waals surface area contributed by atoms with Crippen LogP contribution in [0.5, 0.6) is 5.75 Å². The summed E-state index contributed by atoms with van der Waals surface area (Å²) in [5.41, 5.74) is 0.967. The molecule has 1 atom stereocenters. The van der Waals surface area contributed by atoms with Crippen LogP contribution in [-0.4, -0.2) is 60.8 Å². The van der Waals surface area contributed by atoms with Crippen molar-refractivity contribution < 1.29 is 14.2 Å². The van der Waals surface area contributed by atoms with Gasteiger partial charge in [-0.3, -0.25) is 9.80 Å². The third-order valence-electron chi connectivity index (χ3n) is 4.30. The zero-order valence-electron chi connectivity index (χ0n) is 13.8. The smallest absolute Gasteiger partial charge is 0.165 e. The predicted octanol–water partition coefficient (Wildman–Crippen LogP) is 1.97. The first kappa shape index (κ1) is 17.2. The number of aliphatic hydroxyl groups excluding tert-OH is 1. The molecule has 0 aliphatic carbocycles. The molecule has 1 fully saturated rings. The van der Waals surface area contributed by atoms with E-state index in [1.165, 1.54) is 7.11 Å². The van der Waals surface area contributed by atoms with Crippen molar-refractivity contribution in [3.63, 3.8) is 0 Å². The van der Waals surface area contributed by atoms with Gasteiger partial charge in [0.05, 0.1) is 13.2 Å². The van der Waals surface area contributed by atoms with Gasteiger partial charge in [0, 0.05) is 39.3 Å². The number of aliphatic hydroxyl groups is 1. The van der Waals surface area contributed by atoms with Crippen molar-refractivity contribution in [3.05, 3.63) is 29.6 Å². The Bertz CT molecular complexity index is 474. The van der Waals surface area contributed by atoms with E-state index in [1.54, 1.807) is 12.1 Å². The average Bonchev–Trinajstić information content (AvgIpc) is 2.49. The molecule has 124 valence electrons. The van der Waals surface area contributed by atoms with E-state index in [9.17, 15) is 9.50 Å². The Morgan fingerprint density at radius 2 is 1.82 bits per heavy atom. The largest absolute Gasteiger partial charge is 0.494 e. The number of hydrogen-bond donors (Lipinski definition) is 1. The Balaban J connectivity index is 1.81. The van der Waals surface area contributed by atoms with Gasteiger partial charge in [-0.1, -0.05) is 19.9 Å². The van der Waals surface area contributed by atoms with Gasteiger partial charge in [-0.15, -0.1) is 0 Å². The molecule has 22 heavy (non-hydrogen) atoms. The number of benzene rings is 1. The molecule has 4 nitrogen and oxygen atoms in total. The lowest BCUT2D eigenvalue weighted by Crippen LogP contribution is -2.48. The Morgan fingerprint density at radius 3 is 2.36 bits per heavy atom. The summed E-state index contributed by atoms with van der Waals surface area (Å²) in [6.45, 7) is 9.35. The summed E-state index contributed by atoms with van der Waals surface area (Å²) in [4.78, 5) is 4.62. The summed E-state index contributed by atoms with van der Waals surface area (Å²) in [5.74, 6) is 0.273. The van der Waals surface area contributed by atoms with Crippen LogP contribution in [0.15, 0.2) is 18.2 Å². The van der Waals surface area contributed by atoms with Crippen molar-refractivity contribution in [1.82, 2.24) is 9.80 Å². The van der Waals surface area contributed by atoms with Gasteiger partial charge < -0.3 is 9.84 Å². The van der Waals surface area contributed by atoms with Crippen molar-refractivity contribution in [2.75, 3.05) is 39.8 Å². The van der Waals surface area contributed by atoms with Crippen LogP contribution in [0.2, 0.25) is 0 Å². The maximum atomic E-state index is 13.7. The third-order valence-corrected chi connectivity index (χ3v) is 4.30. The van der Waals surface area contributed by atoms with Crippen LogP contribution in [0.3, 0.4) is 0 Å². The number of ether oxygens (including phenoxy) is 1. The van der Waals surface area contributed by atoms with Crippen LogP contribution in [-0.2, 0) is 6.54 Å². The molecule has 0 aromatic heterocycles. The van der Waals surface area contributed by atoms with E-state index in [4.69, 9.17) is 4.74 Å². The van der Waals surface area contributed by atoms with Crippen LogP contribution in [0.4, 0.5) is 4.39 Å². The first-order chi connectivity index (χ1) is 10.5. The van der Waals surface area contributed by atoms with E-state index in [2.05, 4.69) is 9.80 Å². The Labute approximate surface area is 132 Å². The lowest BCUT2D eigenvalue weighted by molar-refractivity contribution is 0.0481. The molecule has 1 heterocycles. The van der Waals surface area contributed by atoms with E-state index in [1.807, 2.05) is 19.9 Å². The van der Waals surface area contributed by atoms with Crippen LogP contribution in [0.25, 0.3) is 0 Å². The second-order valence-corrected chi connectivity index (χ2v) is 6.36. The molecule has 0 bridgehead atoms. The molecule has 1 aliphatic rings. The molecular weight excluding hydrogens is 283 g/mol. The normalized spacial score (nSPS) is 18.6. The summed E-state index contributed by atoms with van der Waals surface area (Å²) in [5, 5.41) is 9.95. The first-order valence-electron chi connectivity index (χ1n) is 7.94. The summed E-state index contributed by atoms with van der Waals surface area (Å²) in [6.07, 6.45) is -0.262. The van der Waals surface area contributed by atoms with Crippen molar-refractivity contribution in [2.24, 2.45) is 5.92 Å². The molecule has 0 saturated carbocycles. The summed E-state index contributed by atoms with van der Waals surface area (Å²) in [7, 11) is 1.48. The topological polar surface area (TPSA) is 35.9 Å². The molecule has 0 radical (unpaired) electrons. The second-order valence-electron chi connectivity index (χ2n) is 6.36. The molecule has 0 amide bonds. The highest BCUT2D eigenvalue weighted by Crippen LogP contribution is 2.19. The molecule has 1 saturated heterocycles. The summed E-state index contributed by atoms with van der Waals surface area (Å²) >= 11 is 0. The highest BCUT2D eigenvalue weighted by Gasteiger charge is 2.20. The van der Waals surface area contributed by atoms with Crippen molar-refractivity contribution in [1.29, 1.82) is 0 Å². The first-order valence-corrected chi connectivity index (χ1v) is 7.94. The van der Waals surface area contributed by atoms with Crippen molar-refractivity contribution in [3.8, 4) is 5.75 Å². The standard InChI is InChI=1S/C17H27FN2O2/c1-13(2)16(21)12-20-8-6-19(7-9-20)11-14-4-5-17(22-3)15(18)10-14/h4-5,10,13,16,21H,6-9,11-12H2,1-3H3/t16-/m0/s1. The number of halogens is 1. The molecule has 5 heteroatoms. The fraction of sp³-hybridized carbons (Fsp3) is 0.647. The Kier molecular flexibility index (Phi) is 6.17. The predicted molar refractivity (Wildman–Crippen MR) is 85.5 cm³/mol.